The fraction of sp³-hybridized carbons (Fsp3) is 0.0400. The zero-order chi connectivity index (χ0) is 19.6. The quantitative estimate of drug-likeness (QED) is 0.531. The fourth-order valence-corrected chi connectivity index (χ4v) is 3.84. The molecule has 1 aliphatic heterocycles. The van der Waals surface area contributed by atoms with Gasteiger partial charge in [0.15, 0.2) is 0 Å². The highest BCUT2D eigenvalue weighted by Crippen LogP contribution is 2.38. The van der Waals surface area contributed by atoms with Gasteiger partial charge in [0.2, 0.25) is 5.91 Å². The van der Waals surface area contributed by atoms with Crippen molar-refractivity contribution in [1.29, 1.82) is 0 Å². The summed E-state index contributed by atoms with van der Waals surface area (Å²) in [6.45, 7) is 0. The van der Waals surface area contributed by atoms with Gasteiger partial charge in [-0.3, -0.25) is 4.79 Å². The van der Waals surface area contributed by atoms with Crippen LogP contribution in [0.2, 0.25) is 0 Å². The molecular formula is C25H19N3O. The third-order valence-electron chi connectivity index (χ3n) is 5.12. The van der Waals surface area contributed by atoms with Gasteiger partial charge in [-0.1, -0.05) is 91.0 Å². The first-order valence-electron chi connectivity index (χ1n) is 9.59. The van der Waals surface area contributed by atoms with Gasteiger partial charge in [-0.2, -0.15) is 5.10 Å². The molecule has 5 rings (SSSR count). The third kappa shape index (κ3) is 3.15. The van der Waals surface area contributed by atoms with Crippen molar-refractivity contribution in [3.8, 4) is 22.4 Å². The molecule has 1 amide bonds. The van der Waals surface area contributed by atoms with Gasteiger partial charge >= 0.3 is 0 Å². The number of H-pyrrole nitrogens is 1. The van der Waals surface area contributed by atoms with Crippen LogP contribution in [0.5, 0.6) is 0 Å². The number of nitrogens with one attached hydrogen (secondary N) is 2. The number of fused-ring (bicyclic) bond motifs is 1. The van der Waals surface area contributed by atoms with E-state index in [4.69, 9.17) is 0 Å². The Hall–Kier alpha value is -3.92. The van der Waals surface area contributed by atoms with Crippen LogP contribution >= 0.6 is 0 Å². The topological polar surface area (TPSA) is 57.2 Å². The number of nitrogens with zero attached hydrogens (tertiary/aromatic N) is 1. The Morgan fingerprint density at radius 1 is 0.655 bits per heavy atom. The minimum absolute atomic E-state index is 0.127. The van der Waals surface area contributed by atoms with E-state index in [0.29, 0.717) is 0 Å². The molecule has 0 saturated heterocycles. The third-order valence-corrected chi connectivity index (χ3v) is 5.12. The molecule has 4 aromatic rings. The molecule has 0 radical (unpaired) electrons. The normalized spacial score (nSPS) is 13.2. The minimum atomic E-state index is -0.127. The van der Waals surface area contributed by atoms with E-state index in [-0.39, 0.29) is 12.3 Å². The summed E-state index contributed by atoms with van der Waals surface area (Å²) in [5.41, 5.74) is 10.5. The maximum Gasteiger partial charge on any atom is 0.246 e. The Kier molecular flexibility index (Phi) is 4.30. The van der Waals surface area contributed by atoms with E-state index in [9.17, 15) is 4.79 Å². The van der Waals surface area contributed by atoms with Gasteiger partial charge in [0.1, 0.15) is 5.71 Å². The van der Waals surface area contributed by atoms with Crippen LogP contribution in [-0.2, 0) is 11.2 Å². The summed E-state index contributed by atoms with van der Waals surface area (Å²) in [7, 11) is 0. The lowest BCUT2D eigenvalue weighted by Crippen LogP contribution is -2.18. The second-order valence-corrected chi connectivity index (χ2v) is 7.00. The Bertz CT molecular complexity index is 1190. The maximum atomic E-state index is 12.4. The monoisotopic (exact) mass is 377 g/mol. The molecule has 3 aromatic carbocycles. The molecule has 4 nitrogen and oxygen atoms in total. The number of hydrazone groups is 1. The highest BCUT2D eigenvalue weighted by atomic mass is 16.2. The molecule has 1 aromatic heterocycles. The van der Waals surface area contributed by atoms with Gasteiger partial charge in [0, 0.05) is 22.4 Å². The van der Waals surface area contributed by atoms with E-state index in [2.05, 4.69) is 39.8 Å². The van der Waals surface area contributed by atoms with Crippen LogP contribution in [0, 0.1) is 0 Å². The molecule has 0 atom stereocenters. The predicted octanol–water partition coefficient (Wildman–Crippen LogP) is 4.77. The highest BCUT2D eigenvalue weighted by molar-refractivity contribution is 6.19. The van der Waals surface area contributed by atoms with Gasteiger partial charge in [0.25, 0.3) is 0 Å². The van der Waals surface area contributed by atoms with Crippen molar-refractivity contribution >= 4 is 11.6 Å². The number of hydrogen-bond acceptors (Lipinski definition) is 2. The Labute approximate surface area is 168 Å². The van der Waals surface area contributed by atoms with Crippen molar-refractivity contribution in [2.24, 2.45) is 5.10 Å². The molecule has 0 unspecified atom stereocenters. The van der Waals surface area contributed by atoms with E-state index in [1.807, 2.05) is 66.7 Å². The molecule has 1 aliphatic rings. The molecule has 0 aliphatic carbocycles. The molecule has 140 valence electrons. The zero-order valence-corrected chi connectivity index (χ0v) is 15.7. The number of carbonyl (C=O) groups excluding carboxylic acids is 1. The molecular weight excluding hydrogens is 358 g/mol. The van der Waals surface area contributed by atoms with Crippen molar-refractivity contribution < 1.29 is 4.79 Å². The first-order chi connectivity index (χ1) is 14.3. The van der Waals surface area contributed by atoms with E-state index in [0.717, 1.165) is 44.9 Å². The predicted molar refractivity (Wildman–Crippen MR) is 116 cm³/mol. The highest BCUT2D eigenvalue weighted by Gasteiger charge is 2.27. The van der Waals surface area contributed by atoms with Crippen molar-refractivity contribution in [2.75, 3.05) is 0 Å². The van der Waals surface area contributed by atoms with Crippen molar-refractivity contribution in [3.63, 3.8) is 0 Å². The summed E-state index contributed by atoms with van der Waals surface area (Å²) >= 11 is 0. The van der Waals surface area contributed by atoms with Crippen molar-refractivity contribution in [3.05, 3.63) is 108 Å². The summed E-state index contributed by atoms with van der Waals surface area (Å²) in [6.07, 6.45) is 0.252. The van der Waals surface area contributed by atoms with E-state index in [1.165, 1.54) is 0 Å². The standard InChI is InChI=1S/C25H19N3O/c29-21-16-20-23(25(28-27-21)19-14-8-3-9-15-19)22(17-10-4-1-5-11-17)24(26-20)18-12-6-2-7-13-18/h1-15,26H,16H2,(H,27,29). The number of benzene rings is 3. The van der Waals surface area contributed by atoms with Crippen LogP contribution in [0.4, 0.5) is 0 Å². The number of aromatic nitrogens is 1. The number of hydrogen-bond donors (Lipinski definition) is 2. The summed E-state index contributed by atoms with van der Waals surface area (Å²) in [5, 5.41) is 4.51. The maximum absolute atomic E-state index is 12.4. The van der Waals surface area contributed by atoms with Gasteiger partial charge < -0.3 is 4.98 Å². The lowest BCUT2D eigenvalue weighted by molar-refractivity contribution is -0.120. The van der Waals surface area contributed by atoms with E-state index >= 15 is 0 Å². The Morgan fingerprint density at radius 3 is 1.83 bits per heavy atom. The van der Waals surface area contributed by atoms with Crippen LogP contribution in [0.15, 0.2) is 96.1 Å². The van der Waals surface area contributed by atoms with Gasteiger partial charge in [-0.25, -0.2) is 5.43 Å². The fourth-order valence-electron chi connectivity index (χ4n) is 3.84. The van der Waals surface area contributed by atoms with Crippen LogP contribution in [0.3, 0.4) is 0 Å². The number of rotatable bonds is 3. The molecule has 2 heterocycles. The average Bonchev–Trinajstić information content (AvgIpc) is 3.06. The second kappa shape index (κ2) is 7.24. The Morgan fingerprint density at radius 2 is 1.21 bits per heavy atom. The smallest absolute Gasteiger partial charge is 0.246 e. The molecule has 0 saturated carbocycles. The van der Waals surface area contributed by atoms with Gasteiger partial charge in [-0.15, -0.1) is 0 Å². The average molecular weight is 377 g/mol. The minimum Gasteiger partial charge on any atom is -0.357 e. The first kappa shape index (κ1) is 17.2. The molecule has 0 bridgehead atoms. The largest absolute Gasteiger partial charge is 0.357 e. The van der Waals surface area contributed by atoms with Gasteiger partial charge in [-0.05, 0) is 11.1 Å². The van der Waals surface area contributed by atoms with Crippen LogP contribution in [0.1, 0.15) is 16.8 Å². The lowest BCUT2D eigenvalue weighted by Gasteiger charge is -2.11. The van der Waals surface area contributed by atoms with E-state index in [1.54, 1.807) is 0 Å². The molecule has 0 spiro atoms. The summed E-state index contributed by atoms with van der Waals surface area (Å²) < 4.78 is 0. The molecule has 29 heavy (non-hydrogen) atoms. The number of aromatic amines is 1. The van der Waals surface area contributed by atoms with Crippen molar-refractivity contribution in [1.82, 2.24) is 10.4 Å². The zero-order valence-electron chi connectivity index (χ0n) is 15.7. The first-order valence-corrected chi connectivity index (χ1v) is 9.59. The number of amides is 1. The summed E-state index contributed by atoms with van der Waals surface area (Å²) in [5.74, 6) is -0.127. The van der Waals surface area contributed by atoms with Crippen LogP contribution in [-0.4, -0.2) is 16.6 Å². The summed E-state index contributed by atoms with van der Waals surface area (Å²) in [4.78, 5) is 15.9. The van der Waals surface area contributed by atoms with Crippen molar-refractivity contribution in [2.45, 2.75) is 6.42 Å². The Balaban J connectivity index is 1.84. The van der Waals surface area contributed by atoms with Gasteiger partial charge in [0.05, 0.1) is 12.1 Å². The second-order valence-electron chi connectivity index (χ2n) is 7.00. The molecule has 2 N–H and O–H groups in total. The molecule has 0 fully saturated rings. The number of carbonyl (C=O) groups is 1. The van der Waals surface area contributed by atoms with E-state index < -0.39 is 0 Å². The van der Waals surface area contributed by atoms with Crippen LogP contribution in [0.25, 0.3) is 22.4 Å². The molecule has 4 heteroatoms. The summed E-state index contributed by atoms with van der Waals surface area (Å²) in [6, 6.07) is 30.5. The lowest BCUT2D eigenvalue weighted by atomic mass is 9.91. The van der Waals surface area contributed by atoms with Crippen LogP contribution < -0.4 is 5.43 Å². The SMILES string of the molecule is O=C1Cc2[nH]c(-c3ccccc3)c(-c3ccccc3)c2C(c2ccccc2)=NN1.